The van der Waals surface area contributed by atoms with Gasteiger partial charge in [0.25, 0.3) is 0 Å². The fourth-order valence-electron chi connectivity index (χ4n) is 0.511. The molecule has 0 aliphatic rings. The van der Waals surface area contributed by atoms with Crippen LogP contribution in [0.4, 0.5) is 17.6 Å². The van der Waals surface area contributed by atoms with Crippen molar-refractivity contribution in [3.05, 3.63) is 0 Å². The fraction of sp³-hybridized carbons (Fsp3) is 1.00. The molecule has 0 aliphatic carbocycles. The monoisotopic (exact) mass is 236 g/mol. The van der Waals surface area contributed by atoms with Gasteiger partial charge in [-0.2, -0.15) is 13.2 Å². The summed E-state index contributed by atoms with van der Waals surface area (Å²) in [4.78, 5) is 0. The average molecular weight is 237 g/mol. The van der Waals surface area contributed by atoms with Crippen molar-refractivity contribution in [2.45, 2.75) is 26.2 Å². The van der Waals surface area contributed by atoms with Crippen molar-refractivity contribution in [1.29, 1.82) is 0 Å². The van der Waals surface area contributed by atoms with Crippen LogP contribution < -0.4 is 0 Å². The van der Waals surface area contributed by atoms with E-state index in [1.165, 1.54) is 13.8 Å². The summed E-state index contributed by atoms with van der Waals surface area (Å²) in [5.74, 6) is 0. The van der Waals surface area contributed by atoms with Crippen LogP contribution in [0.3, 0.4) is 0 Å². The molecule has 0 amide bonds. The molecule has 0 fully saturated rings. The lowest BCUT2D eigenvalue weighted by molar-refractivity contribution is -0.204. The molecule has 11 heavy (non-hydrogen) atoms. The van der Waals surface area contributed by atoms with Gasteiger partial charge in [-0.15, -0.1) is 0 Å². The molecule has 0 saturated carbocycles. The first kappa shape index (κ1) is 11.2. The van der Waals surface area contributed by atoms with Gasteiger partial charge in [-0.3, -0.25) is 0 Å². The first-order chi connectivity index (χ1) is 4.72. The van der Waals surface area contributed by atoms with E-state index in [4.69, 9.17) is 0 Å². The number of rotatable bonds is 2. The topological polar surface area (TPSA) is 0 Å². The summed E-state index contributed by atoms with van der Waals surface area (Å²) in [5.41, 5.74) is -1.39. The summed E-state index contributed by atoms with van der Waals surface area (Å²) in [7, 11) is 0. The molecule has 0 aromatic heterocycles. The Bertz CT molecular complexity index is 129. The van der Waals surface area contributed by atoms with Crippen molar-refractivity contribution in [1.82, 2.24) is 0 Å². The molecule has 0 aromatic carbocycles. The Morgan fingerprint density at radius 1 is 1.27 bits per heavy atom. The Morgan fingerprint density at radius 2 is 1.64 bits per heavy atom. The molecule has 1 atom stereocenters. The van der Waals surface area contributed by atoms with E-state index in [1.54, 1.807) is 0 Å². The molecule has 0 nitrogen and oxygen atoms in total. The maximum atomic E-state index is 12.5. The van der Waals surface area contributed by atoms with Gasteiger partial charge in [-0.1, -0.05) is 29.8 Å². The molecule has 0 radical (unpaired) electrons. The molecule has 1 unspecified atom stereocenters. The van der Waals surface area contributed by atoms with E-state index in [2.05, 4.69) is 15.9 Å². The number of hydrogen-bond donors (Lipinski definition) is 0. The summed E-state index contributed by atoms with van der Waals surface area (Å²) in [6, 6.07) is 0. The zero-order chi connectivity index (χ0) is 9.28. The van der Waals surface area contributed by atoms with Crippen LogP contribution in [0.25, 0.3) is 0 Å². The zero-order valence-electron chi connectivity index (χ0n) is 6.17. The molecular weight excluding hydrogens is 228 g/mol. The molecule has 5 heteroatoms. The number of halogens is 5. The van der Waals surface area contributed by atoms with Crippen LogP contribution in [0.15, 0.2) is 0 Å². The fourth-order valence-corrected chi connectivity index (χ4v) is 0.795. The predicted octanol–water partition coefficient (Wildman–Crippen LogP) is 3.31. The van der Waals surface area contributed by atoms with Crippen LogP contribution >= 0.6 is 15.9 Å². The lowest BCUT2D eigenvalue weighted by Gasteiger charge is -2.27. The molecule has 0 N–H and O–H groups in total. The largest absolute Gasteiger partial charge is 0.420 e. The third kappa shape index (κ3) is 2.97. The maximum Gasteiger partial charge on any atom is 0.420 e. The molecular formula is C6H9BrF4. The Kier molecular flexibility index (Phi) is 3.35. The molecule has 0 rings (SSSR count). The maximum absolute atomic E-state index is 12.5. The van der Waals surface area contributed by atoms with Crippen molar-refractivity contribution < 1.29 is 17.6 Å². The van der Waals surface area contributed by atoms with Crippen LogP contribution in [0, 0.1) is 5.41 Å². The third-order valence-electron chi connectivity index (χ3n) is 1.32. The van der Waals surface area contributed by atoms with E-state index >= 15 is 0 Å². The molecule has 0 aromatic rings. The Hall–Kier alpha value is 0.200. The van der Waals surface area contributed by atoms with Crippen molar-refractivity contribution in [2.24, 2.45) is 5.41 Å². The first-order valence-corrected chi connectivity index (χ1v) is 4.10. The lowest BCUT2D eigenvalue weighted by atomic mass is 9.90. The molecule has 68 valence electrons. The van der Waals surface area contributed by atoms with Crippen LogP contribution in [0.2, 0.25) is 0 Å². The summed E-state index contributed by atoms with van der Waals surface area (Å²) in [6.07, 6.45) is -7.52. The lowest BCUT2D eigenvalue weighted by Crippen LogP contribution is -2.39. The number of hydrogen-bond acceptors (Lipinski definition) is 0. The minimum atomic E-state index is -4.75. The quantitative estimate of drug-likeness (QED) is 0.510. The van der Waals surface area contributed by atoms with E-state index in [9.17, 15) is 17.6 Å². The predicted molar refractivity (Wildman–Crippen MR) is 38.5 cm³/mol. The van der Waals surface area contributed by atoms with Crippen molar-refractivity contribution >= 4 is 15.9 Å². The van der Waals surface area contributed by atoms with E-state index in [1.807, 2.05) is 0 Å². The molecule has 0 spiro atoms. The zero-order valence-corrected chi connectivity index (χ0v) is 7.76. The molecule has 0 aliphatic heterocycles. The standard InChI is InChI=1S/C6H9BrF4/c1-5(2,3-7)4(8)6(9,10)11/h4H,3H2,1-2H3. The van der Waals surface area contributed by atoms with Crippen LogP contribution in [0.1, 0.15) is 13.8 Å². The average Bonchev–Trinajstić information content (AvgIpc) is 1.84. The van der Waals surface area contributed by atoms with Gasteiger partial charge in [0, 0.05) is 10.7 Å². The Balaban J connectivity index is 4.35. The van der Waals surface area contributed by atoms with Crippen molar-refractivity contribution in [3.63, 3.8) is 0 Å². The molecule has 0 saturated heterocycles. The van der Waals surface area contributed by atoms with E-state index < -0.39 is 17.8 Å². The first-order valence-electron chi connectivity index (χ1n) is 2.98. The highest BCUT2D eigenvalue weighted by molar-refractivity contribution is 9.09. The van der Waals surface area contributed by atoms with E-state index in [0.29, 0.717) is 0 Å². The normalized spacial score (nSPS) is 16.6. The minimum absolute atomic E-state index is 0.0132. The third-order valence-corrected chi connectivity index (χ3v) is 2.76. The highest BCUT2D eigenvalue weighted by atomic mass is 79.9. The minimum Gasteiger partial charge on any atom is -0.237 e. The second-order valence-corrected chi connectivity index (χ2v) is 3.59. The van der Waals surface area contributed by atoms with Gasteiger partial charge in [0.2, 0.25) is 6.17 Å². The summed E-state index contributed by atoms with van der Waals surface area (Å²) >= 11 is 2.82. The van der Waals surface area contributed by atoms with Crippen molar-refractivity contribution in [2.75, 3.05) is 5.33 Å². The highest BCUT2D eigenvalue weighted by Crippen LogP contribution is 2.37. The smallest absolute Gasteiger partial charge is 0.237 e. The number of alkyl halides is 5. The second kappa shape index (κ2) is 3.29. The summed E-state index contributed by atoms with van der Waals surface area (Å²) < 4.78 is 47.7. The van der Waals surface area contributed by atoms with Gasteiger partial charge in [0.05, 0.1) is 0 Å². The molecule has 0 heterocycles. The van der Waals surface area contributed by atoms with Gasteiger partial charge in [0.1, 0.15) is 0 Å². The Labute approximate surface area is 71.1 Å². The Morgan fingerprint density at radius 3 is 1.73 bits per heavy atom. The second-order valence-electron chi connectivity index (χ2n) is 3.03. The van der Waals surface area contributed by atoms with Crippen LogP contribution in [-0.2, 0) is 0 Å². The van der Waals surface area contributed by atoms with Crippen LogP contribution in [-0.4, -0.2) is 17.7 Å². The van der Waals surface area contributed by atoms with Crippen molar-refractivity contribution in [3.8, 4) is 0 Å². The van der Waals surface area contributed by atoms with Gasteiger partial charge in [-0.25, -0.2) is 4.39 Å². The molecule has 0 bridgehead atoms. The van der Waals surface area contributed by atoms with Gasteiger partial charge >= 0.3 is 6.18 Å². The van der Waals surface area contributed by atoms with Gasteiger partial charge < -0.3 is 0 Å². The van der Waals surface area contributed by atoms with E-state index in [0.717, 1.165) is 0 Å². The van der Waals surface area contributed by atoms with E-state index in [-0.39, 0.29) is 5.33 Å². The summed E-state index contributed by atoms with van der Waals surface area (Å²) in [5, 5.41) is -0.0132. The van der Waals surface area contributed by atoms with Gasteiger partial charge in [0.15, 0.2) is 0 Å². The summed E-state index contributed by atoms with van der Waals surface area (Å²) in [6.45, 7) is 2.44. The highest BCUT2D eigenvalue weighted by Gasteiger charge is 2.49. The SMILES string of the molecule is CC(C)(CBr)C(F)C(F)(F)F. The van der Waals surface area contributed by atoms with Gasteiger partial charge in [-0.05, 0) is 0 Å². The van der Waals surface area contributed by atoms with Crippen LogP contribution in [0.5, 0.6) is 0 Å².